The molecule has 0 heterocycles. The maximum absolute atomic E-state index is 10.6. The smallest absolute Gasteiger partial charge is 0.357 e. The minimum absolute atomic E-state index is 0.348. The molecule has 0 fully saturated rings. The molecular formula is C10H9NO3S. The number of nitrogens with two attached hydrogens (primary N) is 1. The van der Waals surface area contributed by atoms with Crippen LogP contribution in [0.2, 0.25) is 0 Å². The Bertz CT molecular complexity index is 527. The van der Waals surface area contributed by atoms with E-state index >= 15 is 0 Å². The monoisotopic (exact) mass is 223 g/mol. The van der Waals surface area contributed by atoms with E-state index in [1.807, 2.05) is 6.07 Å². The first kappa shape index (κ1) is 9.95. The van der Waals surface area contributed by atoms with Crippen molar-refractivity contribution in [1.29, 1.82) is 0 Å². The summed E-state index contributed by atoms with van der Waals surface area (Å²) in [7, 11) is 0. The summed E-state index contributed by atoms with van der Waals surface area (Å²) in [6, 6.07) is 10.5. The van der Waals surface area contributed by atoms with E-state index in [-0.39, 0.29) is 0 Å². The zero-order valence-corrected chi connectivity index (χ0v) is 8.53. The molecule has 78 valence electrons. The summed E-state index contributed by atoms with van der Waals surface area (Å²) < 4.78 is 24.0. The number of hydrogen-bond donors (Lipinski definition) is 2. The summed E-state index contributed by atoms with van der Waals surface area (Å²) in [5.74, 6) is 0.348. The third kappa shape index (κ3) is 1.93. The Morgan fingerprint density at radius 2 is 1.80 bits per heavy atom. The van der Waals surface area contributed by atoms with Gasteiger partial charge in [-0.15, -0.1) is 0 Å². The molecule has 0 spiro atoms. The summed E-state index contributed by atoms with van der Waals surface area (Å²) in [6.45, 7) is 0. The van der Waals surface area contributed by atoms with Gasteiger partial charge in [0, 0.05) is 16.5 Å². The van der Waals surface area contributed by atoms with Gasteiger partial charge in [0.2, 0.25) is 0 Å². The molecule has 2 aromatic rings. The molecule has 0 saturated heterocycles. The van der Waals surface area contributed by atoms with Crippen LogP contribution >= 0.6 is 0 Å². The van der Waals surface area contributed by atoms with Gasteiger partial charge in [0.25, 0.3) is 0 Å². The van der Waals surface area contributed by atoms with Crippen LogP contribution in [0.3, 0.4) is 0 Å². The minimum atomic E-state index is -2.32. The molecule has 4 nitrogen and oxygen atoms in total. The van der Waals surface area contributed by atoms with Gasteiger partial charge in [-0.1, -0.05) is 24.3 Å². The number of hydrogen-bond acceptors (Lipinski definition) is 3. The Morgan fingerprint density at radius 1 is 1.13 bits per heavy atom. The second kappa shape index (κ2) is 3.88. The summed E-state index contributed by atoms with van der Waals surface area (Å²) in [6.07, 6.45) is 0. The lowest BCUT2D eigenvalue weighted by molar-refractivity contribution is 0.460. The fourth-order valence-corrected chi connectivity index (χ4v) is 1.75. The van der Waals surface area contributed by atoms with Crippen LogP contribution in [0.25, 0.3) is 10.8 Å². The molecule has 2 rings (SSSR count). The topological polar surface area (TPSA) is 72.5 Å². The number of nitrogen functional groups attached to an aromatic ring is 1. The molecule has 0 aliphatic rings. The molecule has 0 aromatic heterocycles. The number of benzene rings is 2. The van der Waals surface area contributed by atoms with Gasteiger partial charge in [-0.05, 0) is 12.1 Å². The molecule has 0 saturated carbocycles. The Morgan fingerprint density at radius 3 is 2.53 bits per heavy atom. The Kier molecular flexibility index (Phi) is 2.57. The Balaban J connectivity index is 2.65. The molecule has 1 atom stereocenters. The van der Waals surface area contributed by atoms with Crippen molar-refractivity contribution in [3.8, 4) is 5.75 Å². The van der Waals surface area contributed by atoms with Gasteiger partial charge >= 0.3 is 11.4 Å². The first-order valence-electron chi connectivity index (χ1n) is 4.25. The van der Waals surface area contributed by atoms with Gasteiger partial charge in [0.05, 0.1) is 0 Å². The van der Waals surface area contributed by atoms with Crippen LogP contribution in [-0.2, 0) is 11.4 Å². The molecular weight excluding hydrogens is 214 g/mol. The van der Waals surface area contributed by atoms with E-state index in [2.05, 4.69) is 0 Å². The van der Waals surface area contributed by atoms with Crippen molar-refractivity contribution in [2.45, 2.75) is 0 Å². The lowest BCUT2D eigenvalue weighted by Crippen LogP contribution is -1.98. The lowest BCUT2D eigenvalue weighted by atomic mass is 10.1. The molecule has 0 aliphatic carbocycles. The Hall–Kier alpha value is -1.59. The predicted octanol–water partition coefficient (Wildman–Crippen LogP) is 1.94. The molecule has 0 radical (unpaired) electrons. The Labute approximate surface area is 89.2 Å². The highest BCUT2D eigenvalue weighted by molar-refractivity contribution is 7.74. The third-order valence-electron chi connectivity index (χ3n) is 2.08. The maximum atomic E-state index is 10.6. The standard InChI is InChI=1S/C10H9NO3S/c11-9-5-1-4-8-7(9)3-2-6-10(8)14-15(12)13/h1-6H,11H2,(H,12,13). The summed E-state index contributed by atoms with van der Waals surface area (Å²) in [4.78, 5) is 0. The maximum Gasteiger partial charge on any atom is 0.357 e. The van der Waals surface area contributed by atoms with Gasteiger partial charge in [-0.2, -0.15) is 4.21 Å². The van der Waals surface area contributed by atoms with Crippen molar-refractivity contribution in [1.82, 2.24) is 0 Å². The quantitative estimate of drug-likeness (QED) is 0.602. The highest BCUT2D eigenvalue weighted by Gasteiger charge is 2.05. The van der Waals surface area contributed by atoms with Crippen molar-refractivity contribution in [2.24, 2.45) is 0 Å². The fourth-order valence-electron chi connectivity index (χ4n) is 1.45. The van der Waals surface area contributed by atoms with E-state index in [4.69, 9.17) is 14.5 Å². The average Bonchev–Trinajstić information content (AvgIpc) is 2.19. The number of fused-ring (bicyclic) bond motifs is 1. The van der Waals surface area contributed by atoms with Crippen molar-refractivity contribution >= 4 is 27.8 Å². The largest absolute Gasteiger partial charge is 0.398 e. The molecule has 1 unspecified atom stereocenters. The van der Waals surface area contributed by atoms with Gasteiger partial charge in [-0.3, -0.25) is 4.55 Å². The van der Waals surface area contributed by atoms with Crippen LogP contribution < -0.4 is 9.92 Å². The second-order valence-corrected chi connectivity index (χ2v) is 3.60. The van der Waals surface area contributed by atoms with Crippen molar-refractivity contribution in [3.63, 3.8) is 0 Å². The second-order valence-electron chi connectivity index (χ2n) is 3.00. The van der Waals surface area contributed by atoms with E-state index in [1.54, 1.807) is 30.3 Å². The van der Waals surface area contributed by atoms with Crippen LogP contribution in [-0.4, -0.2) is 8.76 Å². The molecule has 0 bridgehead atoms. The summed E-state index contributed by atoms with van der Waals surface area (Å²) in [5, 5.41) is 1.53. The SMILES string of the molecule is Nc1cccc2c(OS(=O)O)cccc12. The molecule has 2 aromatic carbocycles. The van der Waals surface area contributed by atoms with Gasteiger partial charge in [0.1, 0.15) is 0 Å². The van der Waals surface area contributed by atoms with Gasteiger partial charge < -0.3 is 9.92 Å². The van der Waals surface area contributed by atoms with Crippen LogP contribution in [0.15, 0.2) is 36.4 Å². The molecule has 0 aliphatic heterocycles. The normalized spacial score (nSPS) is 12.6. The molecule has 5 heteroatoms. The zero-order chi connectivity index (χ0) is 10.8. The van der Waals surface area contributed by atoms with Crippen LogP contribution in [0, 0.1) is 0 Å². The molecule has 0 amide bonds. The van der Waals surface area contributed by atoms with Crippen molar-refractivity contribution in [3.05, 3.63) is 36.4 Å². The van der Waals surface area contributed by atoms with E-state index in [1.165, 1.54) is 0 Å². The number of rotatable bonds is 2. The summed E-state index contributed by atoms with van der Waals surface area (Å²) >= 11 is -2.32. The van der Waals surface area contributed by atoms with E-state index in [9.17, 15) is 4.21 Å². The van der Waals surface area contributed by atoms with E-state index < -0.39 is 11.4 Å². The lowest BCUT2D eigenvalue weighted by Gasteiger charge is -2.06. The zero-order valence-electron chi connectivity index (χ0n) is 7.71. The van der Waals surface area contributed by atoms with Crippen LogP contribution in [0.1, 0.15) is 0 Å². The minimum Gasteiger partial charge on any atom is -0.398 e. The van der Waals surface area contributed by atoms with Crippen molar-refractivity contribution < 1.29 is 12.9 Å². The van der Waals surface area contributed by atoms with Gasteiger partial charge in [-0.25, -0.2) is 0 Å². The first-order valence-corrected chi connectivity index (χ1v) is 5.28. The number of anilines is 1. The average molecular weight is 223 g/mol. The van der Waals surface area contributed by atoms with E-state index in [0.29, 0.717) is 11.4 Å². The van der Waals surface area contributed by atoms with Crippen LogP contribution in [0.4, 0.5) is 5.69 Å². The van der Waals surface area contributed by atoms with Crippen LogP contribution in [0.5, 0.6) is 5.75 Å². The fraction of sp³-hybridized carbons (Fsp3) is 0. The van der Waals surface area contributed by atoms with Crippen molar-refractivity contribution in [2.75, 3.05) is 5.73 Å². The molecule has 3 N–H and O–H groups in total. The molecule has 15 heavy (non-hydrogen) atoms. The summed E-state index contributed by atoms with van der Waals surface area (Å²) in [5.41, 5.74) is 6.37. The highest BCUT2D eigenvalue weighted by atomic mass is 32.2. The van der Waals surface area contributed by atoms with E-state index in [0.717, 1.165) is 10.8 Å². The predicted molar refractivity (Wildman–Crippen MR) is 59.8 cm³/mol. The highest BCUT2D eigenvalue weighted by Crippen LogP contribution is 2.29. The third-order valence-corrected chi connectivity index (χ3v) is 2.40. The first-order chi connectivity index (χ1) is 7.18. The van der Waals surface area contributed by atoms with Gasteiger partial charge in [0.15, 0.2) is 5.75 Å².